The Morgan fingerprint density at radius 1 is 1.50 bits per heavy atom. The number of hydrogen-bond donors (Lipinski definition) is 1. The first-order valence-electron chi connectivity index (χ1n) is 5.47. The molecule has 0 atom stereocenters. The van der Waals surface area contributed by atoms with Crippen molar-refractivity contribution in [1.29, 1.82) is 0 Å². The van der Waals surface area contributed by atoms with E-state index in [-0.39, 0.29) is 6.73 Å². The Morgan fingerprint density at radius 2 is 2.33 bits per heavy atom. The molecule has 1 aliphatic heterocycles. The summed E-state index contributed by atoms with van der Waals surface area (Å²) in [5, 5.41) is 12.9. The second-order valence-electron chi connectivity index (χ2n) is 3.69. The lowest BCUT2D eigenvalue weighted by molar-refractivity contribution is 0.0676. The molecule has 0 aromatic heterocycles. The van der Waals surface area contributed by atoms with E-state index in [0.717, 1.165) is 15.6 Å². The van der Waals surface area contributed by atoms with E-state index in [1.165, 1.54) is 0 Å². The van der Waals surface area contributed by atoms with E-state index in [0.29, 0.717) is 24.8 Å². The van der Waals surface area contributed by atoms with E-state index in [1.807, 2.05) is 25.1 Å². The second-order valence-corrected chi connectivity index (χ2v) is 4.60. The maximum Gasteiger partial charge on any atom is 0.276 e. The Kier molecular flexibility index (Phi) is 4.33. The summed E-state index contributed by atoms with van der Waals surface area (Å²) >= 11 is 3.41. The van der Waals surface area contributed by atoms with Crippen LogP contribution in [0.2, 0.25) is 0 Å². The topological polar surface area (TPSA) is 63.4 Å². The van der Waals surface area contributed by atoms with Crippen LogP contribution in [0.25, 0.3) is 0 Å². The first-order valence-corrected chi connectivity index (χ1v) is 6.26. The largest absolute Gasteiger partial charge is 0.470 e. The molecule has 1 heterocycles. The van der Waals surface area contributed by atoms with Crippen molar-refractivity contribution in [3.63, 3.8) is 0 Å². The predicted octanol–water partition coefficient (Wildman–Crippen LogP) is 1.86. The Labute approximate surface area is 113 Å². The van der Waals surface area contributed by atoms with Crippen molar-refractivity contribution < 1.29 is 14.7 Å². The highest BCUT2D eigenvalue weighted by Crippen LogP contribution is 2.18. The molecule has 0 saturated heterocycles. The Hall–Kier alpha value is -1.40. The lowest BCUT2D eigenvalue weighted by Gasteiger charge is -2.16. The fraction of sp³-hybridized carbons (Fsp3) is 0.333. The lowest BCUT2D eigenvalue weighted by Crippen LogP contribution is -2.26. The molecular weight excluding hydrogens is 300 g/mol. The Morgan fingerprint density at radius 3 is 3.00 bits per heavy atom. The molecule has 1 aliphatic rings. The van der Waals surface area contributed by atoms with Gasteiger partial charge in [0.05, 0.1) is 0 Å². The highest BCUT2D eigenvalue weighted by Gasteiger charge is 2.19. The molecule has 0 unspecified atom stereocenters. The first kappa shape index (κ1) is 13.0. The number of rotatable bonds is 3. The number of aryl methyl sites for hydroxylation is 1. The third kappa shape index (κ3) is 2.88. The molecule has 18 heavy (non-hydrogen) atoms. The van der Waals surface area contributed by atoms with Crippen molar-refractivity contribution in [1.82, 2.24) is 0 Å². The molecule has 0 radical (unpaired) electrons. The molecular formula is C12H13BrN2O3. The standard InChI is InChI=1S/C12H13BrN2O3/c1-8-2-3-9(13)6-10(8)11(14-7-16)12-15-18-5-4-17-12/h2-3,6,16H,4-5,7H2,1H3/b14-11+. The Bertz CT molecular complexity index is 500. The molecule has 0 fully saturated rings. The van der Waals surface area contributed by atoms with Crippen LogP contribution in [-0.4, -0.2) is 36.7 Å². The van der Waals surface area contributed by atoms with Gasteiger partial charge in [0.1, 0.15) is 19.0 Å². The van der Waals surface area contributed by atoms with E-state index in [2.05, 4.69) is 26.1 Å². The summed E-state index contributed by atoms with van der Waals surface area (Å²) in [7, 11) is 0. The van der Waals surface area contributed by atoms with Gasteiger partial charge in [-0.2, -0.15) is 0 Å². The zero-order chi connectivity index (χ0) is 13.0. The summed E-state index contributed by atoms with van der Waals surface area (Å²) in [6.07, 6.45) is 0. The van der Waals surface area contributed by atoms with Gasteiger partial charge in [0.2, 0.25) is 0 Å². The number of ether oxygens (including phenoxy) is 1. The zero-order valence-corrected chi connectivity index (χ0v) is 11.5. The maximum absolute atomic E-state index is 9.04. The molecule has 0 bridgehead atoms. The van der Waals surface area contributed by atoms with E-state index in [4.69, 9.17) is 14.7 Å². The number of aliphatic imine (C=N–C) groups is 1. The van der Waals surface area contributed by atoms with Gasteiger partial charge in [-0.05, 0) is 29.8 Å². The Balaban J connectivity index is 2.44. The average Bonchev–Trinajstić information content (AvgIpc) is 2.40. The highest BCUT2D eigenvalue weighted by atomic mass is 79.9. The van der Waals surface area contributed by atoms with Crippen molar-refractivity contribution in [2.24, 2.45) is 10.1 Å². The molecule has 0 saturated carbocycles. The van der Waals surface area contributed by atoms with Crippen LogP contribution in [0.1, 0.15) is 11.1 Å². The zero-order valence-electron chi connectivity index (χ0n) is 9.89. The van der Waals surface area contributed by atoms with Crippen molar-refractivity contribution >= 4 is 27.5 Å². The number of benzene rings is 1. The molecule has 6 heteroatoms. The summed E-state index contributed by atoms with van der Waals surface area (Å²) < 4.78 is 6.33. The summed E-state index contributed by atoms with van der Waals surface area (Å²) in [4.78, 5) is 9.03. The molecule has 96 valence electrons. The van der Waals surface area contributed by atoms with Crippen LogP contribution in [0, 0.1) is 6.92 Å². The fourth-order valence-corrected chi connectivity index (χ4v) is 1.97. The van der Waals surface area contributed by atoms with Crippen LogP contribution in [0.15, 0.2) is 32.8 Å². The fourth-order valence-electron chi connectivity index (χ4n) is 1.61. The average molecular weight is 313 g/mol. The molecule has 1 aromatic rings. The number of oxime groups is 1. The van der Waals surface area contributed by atoms with Crippen LogP contribution in [-0.2, 0) is 9.57 Å². The molecule has 0 amide bonds. The SMILES string of the molecule is Cc1ccc(Br)cc1/C(=N\CO)C1=NOCCO1. The van der Waals surface area contributed by atoms with Gasteiger partial charge in [0, 0.05) is 10.0 Å². The first-order chi connectivity index (χ1) is 8.72. The molecule has 2 rings (SSSR count). The van der Waals surface area contributed by atoms with Gasteiger partial charge in [-0.25, -0.2) is 0 Å². The number of hydrogen-bond acceptors (Lipinski definition) is 5. The minimum absolute atomic E-state index is 0.302. The molecule has 1 aromatic carbocycles. The second kappa shape index (κ2) is 5.97. The molecule has 0 aliphatic carbocycles. The van der Waals surface area contributed by atoms with Crippen LogP contribution in [0.3, 0.4) is 0 Å². The van der Waals surface area contributed by atoms with Crippen molar-refractivity contribution in [2.75, 3.05) is 19.9 Å². The molecule has 1 N–H and O–H groups in total. The summed E-state index contributed by atoms with van der Waals surface area (Å²) in [6, 6.07) is 5.80. The van der Waals surface area contributed by atoms with Crippen LogP contribution < -0.4 is 0 Å². The number of nitrogens with zero attached hydrogens (tertiary/aromatic N) is 2. The van der Waals surface area contributed by atoms with Crippen LogP contribution >= 0.6 is 15.9 Å². The minimum atomic E-state index is -0.330. The van der Waals surface area contributed by atoms with E-state index in [1.54, 1.807) is 0 Å². The lowest BCUT2D eigenvalue weighted by atomic mass is 10.0. The number of aliphatic hydroxyl groups is 1. The van der Waals surface area contributed by atoms with Gasteiger partial charge in [0.25, 0.3) is 5.90 Å². The maximum atomic E-state index is 9.04. The van der Waals surface area contributed by atoms with Gasteiger partial charge in [-0.15, -0.1) is 0 Å². The van der Waals surface area contributed by atoms with Crippen LogP contribution in [0.5, 0.6) is 0 Å². The summed E-state index contributed by atoms with van der Waals surface area (Å²) in [5.74, 6) is 0.302. The van der Waals surface area contributed by atoms with E-state index < -0.39 is 0 Å². The van der Waals surface area contributed by atoms with Gasteiger partial charge < -0.3 is 14.7 Å². The van der Waals surface area contributed by atoms with Crippen molar-refractivity contribution in [2.45, 2.75) is 6.92 Å². The van der Waals surface area contributed by atoms with E-state index >= 15 is 0 Å². The minimum Gasteiger partial charge on any atom is -0.470 e. The smallest absolute Gasteiger partial charge is 0.276 e. The quantitative estimate of drug-likeness (QED) is 0.866. The van der Waals surface area contributed by atoms with Gasteiger partial charge >= 0.3 is 0 Å². The third-order valence-electron chi connectivity index (χ3n) is 2.45. The molecule has 0 spiro atoms. The monoisotopic (exact) mass is 312 g/mol. The van der Waals surface area contributed by atoms with E-state index in [9.17, 15) is 0 Å². The summed E-state index contributed by atoms with van der Waals surface area (Å²) in [6.45, 7) is 2.48. The van der Waals surface area contributed by atoms with Crippen LogP contribution in [0.4, 0.5) is 0 Å². The van der Waals surface area contributed by atoms with Crippen molar-refractivity contribution in [3.8, 4) is 0 Å². The third-order valence-corrected chi connectivity index (χ3v) is 2.94. The predicted molar refractivity (Wildman–Crippen MR) is 71.8 cm³/mol. The van der Waals surface area contributed by atoms with Gasteiger partial charge in [-0.1, -0.05) is 22.0 Å². The number of aliphatic hydroxyl groups excluding tert-OH is 1. The number of halogens is 1. The summed E-state index contributed by atoms with van der Waals surface area (Å²) in [5.41, 5.74) is 2.36. The van der Waals surface area contributed by atoms with Gasteiger partial charge in [-0.3, -0.25) is 4.99 Å². The normalized spacial score (nSPS) is 15.7. The molecule has 5 nitrogen and oxygen atoms in total. The van der Waals surface area contributed by atoms with Crippen molar-refractivity contribution in [3.05, 3.63) is 33.8 Å². The highest BCUT2D eigenvalue weighted by molar-refractivity contribution is 9.10. The van der Waals surface area contributed by atoms with Gasteiger partial charge in [0.15, 0.2) is 6.61 Å².